The van der Waals surface area contributed by atoms with Crippen LogP contribution in [0.15, 0.2) is 0 Å². The molecule has 0 spiro atoms. The van der Waals surface area contributed by atoms with Gasteiger partial charge in [0.2, 0.25) is 5.91 Å². The van der Waals surface area contributed by atoms with Gasteiger partial charge in [-0.15, -0.1) is 0 Å². The first-order chi connectivity index (χ1) is 5.20. The molecule has 1 aliphatic rings. The molecule has 0 saturated carbocycles. The van der Waals surface area contributed by atoms with Crippen molar-refractivity contribution in [2.24, 2.45) is 0 Å². The largest absolute Gasteiger partial charge is 0.355 e. The molecule has 2 N–H and O–H groups in total. The van der Waals surface area contributed by atoms with E-state index in [9.17, 15) is 4.79 Å². The van der Waals surface area contributed by atoms with Crippen LogP contribution in [0.3, 0.4) is 0 Å². The summed E-state index contributed by atoms with van der Waals surface area (Å²) in [6.07, 6.45) is 1.09. The van der Waals surface area contributed by atoms with Crippen molar-refractivity contribution in [2.45, 2.75) is 24.6 Å². The summed E-state index contributed by atoms with van der Waals surface area (Å²) in [5, 5.41) is 6.43. The number of rotatable bonds is 2. The van der Waals surface area contributed by atoms with E-state index in [1.165, 1.54) is 6.92 Å². The van der Waals surface area contributed by atoms with Gasteiger partial charge in [0, 0.05) is 24.8 Å². The van der Waals surface area contributed by atoms with E-state index in [0.29, 0.717) is 17.8 Å². The zero-order valence-corrected chi connectivity index (χ0v) is 7.53. The third-order valence-corrected chi connectivity index (χ3v) is 2.50. The first kappa shape index (κ1) is 8.87. The molecule has 1 aliphatic heterocycles. The van der Waals surface area contributed by atoms with E-state index < -0.39 is 0 Å². The quantitative estimate of drug-likeness (QED) is 0.507. The van der Waals surface area contributed by atoms with Gasteiger partial charge in [0.25, 0.3) is 0 Å². The molecule has 4 heteroatoms. The number of thiol groups is 1. The van der Waals surface area contributed by atoms with Crippen LogP contribution in [0.1, 0.15) is 13.3 Å². The predicted molar refractivity (Wildman–Crippen MR) is 47.9 cm³/mol. The molecule has 0 aromatic heterocycles. The monoisotopic (exact) mass is 174 g/mol. The Kier molecular flexibility index (Phi) is 3.20. The molecule has 1 saturated heterocycles. The average molecular weight is 174 g/mol. The van der Waals surface area contributed by atoms with Crippen molar-refractivity contribution >= 4 is 18.5 Å². The molecule has 0 aliphatic carbocycles. The van der Waals surface area contributed by atoms with Crippen LogP contribution in [-0.4, -0.2) is 30.3 Å². The van der Waals surface area contributed by atoms with Gasteiger partial charge in [0.05, 0.1) is 0 Å². The Labute approximate surface area is 72.3 Å². The molecule has 1 heterocycles. The second-order valence-electron chi connectivity index (χ2n) is 2.85. The lowest BCUT2D eigenvalue weighted by Crippen LogP contribution is -2.40. The second-order valence-corrected chi connectivity index (χ2v) is 3.52. The summed E-state index contributed by atoms with van der Waals surface area (Å²) in [4.78, 5) is 10.5. The molecule has 0 aromatic carbocycles. The lowest BCUT2D eigenvalue weighted by atomic mass is 10.2. The van der Waals surface area contributed by atoms with Gasteiger partial charge in [0.15, 0.2) is 0 Å². The number of hydrogen-bond acceptors (Lipinski definition) is 3. The van der Waals surface area contributed by atoms with E-state index in [2.05, 4.69) is 23.3 Å². The van der Waals surface area contributed by atoms with E-state index in [-0.39, 0.29) is 5.91 Å². The highest BCUT2D eigenvalue weighted by Gasteiger charge is 2.22. The van der Waals surface area contributed by atoms with E-state index in [1.807, 2.05) is 0 Å². The van der Waals surface area contributed by atoms with Gasteiger partial charge in [-0.3, -0.25) is 4.79 Å². The Morgan fingerprint density at radius 3 is 3.00 bits per heavy atom. The minimum atomic E-state index is 0.0271. The maximum absolute atomic E-state index is 10.5. The van der Waals surface area contributed by atoms with Crippen LogP contribution < -0.4 is 10.6 Å². The Bertz CT molecular complexity index is 151. The number of nitrogens with one attached hydrogen (secondary N) is 2. The Morgan fingerprint density at radius 1 is 1.82 bits per heavy atom. The van der Waals surface area contributed by atoms with E-state index in [4.69, 9.17) is 0 Å². The molecule has 1 rings (SSSR count). The van der Waals surface area contributed by atoms with Crippen LogP contribution >= 0.6 is 12.6 Å². The Hall–Kier alpha value is -0.220. The zero-order valence-electron chi connectivity index (χ0n) is 6.63. The minimum absolute atomic E-state index is 0.0271. The molecular formula is C7H14N2OS. The molecule has 0 unspecified atom stereocenters. The van der Waals surface area contributed by atoms with Gasteiger partial charge >= 0.3 is 0 Å². The van der Waals surface area contributed by atoms with E-state index >= 15 is 0 Å². The smallest absolute Gasteiger partial charge is 0.216 e. The van der Waals surface area contributed by atoms with Gasteiger partial charge in [-0.05, 0) is 13.0 Å². The van der Waals surface area contributed by atoms with Crippen LogP contribution in [0.5, 0.6) is 0 Å². The van der Waals surface area contributed by atoms with Gasteiger partial charge in [0.1, 0.15) is 0 Å². The molecule has 64 valence electrons. The Morgan fingerprint density at radius 2 is 2.55 bits per heavy atom. The summed E-state index contributed by atoms with van der Waals surface area (Å²) in [5.41, 5.74) is 0. The number of hydrogen-bond donors (Lipinski definition) is 3. The molecule has 1 amide bonds. The minimum Gasteiger partial charge on any atom is -0.355 e. The molecular weight excluding hydrogens is 160 g/mol. The Balaban J connectivity index is 2.20. The average Bonchev–Trinajstić information content (AvgIpc) is 2.31. The van der Waals surface area contributed by atoms with Crippen LogP contribution in [-0.2, 0) is 4.79 Å². The SMILES string of the molecule is CC(=O)NC[C@H]1NCC[C@H]1S. The van der Waals surface area contributed by atoms with Crippen molar-refractivity contribution < 1.29 is 4.79 Å². The molecule has 0 aromatic rings. The van der Waals surface area contributed by atoms with Crippen LogP contribution in [0, 0.1) is 0 Å². The van der Waals surface area contributed by atoms with Gasteiger partial charge in [-0.25, -0.2) is 0 Å². The fourth-order valence-electron chi connectivity index (χ4n) is 1.22. The van der Waals surface area contributed by atoms with Crippen LogP contribution in [0.2, 0.25) is 0 Å². The molecule has 3 nitrogen and oxygen atoms in total. The first-order valence-corrected chi connectivity index (χ1v) is 4.37. The maximum Gasteiger partial charge on any atom is 0.216 e. The van der Waals surface area contributed by atoms with Crippen molar-refractivity contribution in [3.8, 4) is 0 Å². The lowest BCUT2D eigenvalue weighted by Gasteiger charge is -2.14. The molecule has 1 fully saturated rings. The van der Waals surface area contributed by atoms with Crippen molar-refractivity contribution in [1.82, 2.24) is 10.6 Å². The van der Waals surface area contributed by atoms with Gasteiger partial charge in [-0.1, -0.05) is 0 Å². The fourth-order valence-corrected chi connectivity index (χ4v) is 1.56. The first-order valence-electron chi connectivity index (χ1n) is 3.86. The van der Waals surface area contributed by atoms with Crippen LogP contribution in [0.25, 0.3) is 0 Å². The number of amides is 1. The molecule has 2 atom stereocenters. The fraction of sp³-hybridized carbons (Fsp3) is 0.857. The van der Waals surface area contributed by atoms with Crippen molar-refractivity contribution in [1.29, 1.82) is 0 Å². The zero-order chi connectivity index (χ0) is 8.27. The van der Waals surface area contributed by atoms with Crippen molar-refractivity contribution in [3.63, 3.8) is 0 Å². The van der Waals surface area contributed by atoms with E-state index in [0.717, 1.165) is 13.0 Å². The van der Waals surface area contributed by atoms with Gasteiger partial charge in [-0.2, -0.15) is 12.6 Å². The highest BCUT2D eigenvalue weighted by Crippen LogP contribution is 2.11. The van der Waals surface area contributed by atoms with Crippen molar-refractivity contribution in [3.05, 3.63) is 0 Å². The summed E-state index contributed by atoms with van der Waals surface area (Å²) in [6.45, 7) is 3.24. The lowest BCUT2D eigenvalue weighted by molar-refractivity contribution is -0.119. The summed E-state index contributed by atoms with van der Waals surface area (Å²) in [6, 6.07) is 0.349. The number of carbonyl (C=O) groups is 1. The molecule has 0 bridgehead atoms. The predicted octanol–water partition coefficient (Wildman–Crippen LogP) is -0.217. The highest BCUT2D eigenvalue weighted by molar-refractivity contribution is 7.81. The summed E-state index contributed by atoms with van der Waals surface area (Å²) < 4.78 is 0. The van der Waals surface area contributed by atoms with E-state index in [1.54, 1.807) is 0 Å². The van der Waals surface area contributed by atoms with Gasteiger partial charge < -0.3 is 10.6 Å². The normalized spacial score (nSPS) is 30.4. The maximum atomic E-state index is 10.5. The third kappa shape index (κ3) is 2.71. The highest BCUT2D eigenvalue weighted by atomic mass is 32.1. The second kappa shape index (κ2) is 3.97. The summed E-state index contributed by atoms with van der Waals surface area (Å²) in [5.74, 6) is 0.0271. The third-order valence-electron chi connectivity index (χ3n) is 1.88. The topological polar surface area (TPSA) is 41.1 Å². The van der Waals surface area contributed by atoms with Crippen molar-refractivity contribution in [2.75, 3.05) is 13.1 Å². The summed E-state index contributed by atoms with van der Waals surface area (Å²) >= 11 is 4.38. The molecule has 0 radical (unpaired) electrons. The standard InChI is InChI=1S/C7H14N2OS/c1-5(10)9-4-6-7(11)2-3-8-6/h6-8,11H,2-4H2,1H3,(H,9,10)/t6-,7-/m1/s1. The summed E-state index contributed by atoms with van der Waals surface area (Å²) in [7, 11) is 0. The molecule has 11 heavy (non-hydrogen) atoms. The van der Waals surface area contributed by atoms with Crippen LogP contribution in [0.4, 0.5) is 0 Å². The number of carbonyl (C=O) groups excluding carboxylic acids is 1.